The van der Waals surface area contributed by atoms with Crippen molar-refractivity contribution in [2.24, 2.45) is 11.1 Å². The van der Waals surface area contributed by atoms with E-state index >= 15 is 0 Å². The first-order valence-electron chi connectivity index (χ1n) is 6.98. The molecule has 3 N–H and O–H groups in total. The second-order valence-corrected chi connectivity index (χ2v) is 7.79. The van der Waals surface area contributed by atoms with Gasteiger partial charge in [-0.25, -0.2) is 13.6 Å². The molecule has 0 radical (unpaired) electrons. The van der Waals surface area contributed by atoms with Crippen LogP contribution in [0.2, 0.25) is 0 Å². The van der Waals surface area contributed by atoms with Gasteiger partial charge >= 0.3 is 0 Å². The molecule has 0 aliphatic heterocycles. The first kappa shape index (κ1) is 16.5. The van der Waals surface area contributed by atoms with Crippen molar-refractivity contribution in [3.05, 3.63) is 28.2 Å². The molecule has 1 aromatic rings. The fourth-order valence-electron chi connectivity index (χ4n) is 2.59. The number of primary sulfonamides is 1. The molecule has 1 fully saturated rings. The van der Waals surface area contributed by atoms with E-state index in [1.54, 1.807) is 6.07 Å². The smallest absolute Gasteiger partial charge is 0.251 e. The van der Waals surface area contributed by atoms with Crippen LogP contribution in [0.5, 0.6) is 0 Å². The number of rotatable bonds is 4. The maximum absolute atomic E-state index is 12.1. The van der Waals surface area contributed by atoms with Crippen LogP contribution < -0.4 is 10.5 Å². The molecule has 1 amide bonds. The van der Waals surface area contributed by atoms with E-state index in [9.17, 15) is 13.2 Å². The molecule has 0 atom stereocenters. The summed E-state index contributed by atoms with van der Waals surface area (Å²) in [5.41, 5.74) is 0.304. The highest BCUT2D eigenvalue weighted by atomic mass is 79.9. The van der Waals surface area contributed by atoms with E-state index in [1.807, 2.05) is 0 Å². The molecule has 0 aromatic heterocycles. The number of hydrogen-bond acceptors (Lipinski definition) is 3. The van der Waals surface area contributed by atoms with Crippen molar-refractivity contribution in [1.82, 2.24) is 5.32 Å². The van der Waals surface area contributed by atoms with Gasteiger partial charge in [0.2, 0.25) is 10.0 Å². The number of nitrogens with two attached hydrogens (primary N) is 1. The average Bonchev–Trinajstić information content (AvgIpc) is 2.45. The Morgan fingerprint density at radius 2 is 1.95 bits per heavy atom. The minimum Gasteiger partial charge on any atom is -0.352 e. The van der Waals surface area contributed by atoms with Gasteiger partial charge in [-0.2, -0.15) is 0 Å². The Kier molecular flexibility index (Phi) is 5.40. The first-order chi connectivity index (χ1) is 9.88. The lowest BCUT2D eigenvalue weighted by molar-refractivity contribution is 0.0943. The number of hydrogen-bond donors (Lipinski definition) is 2. The zero-order valence-corrected chi connectivity index (χ0v) is 14.0. The molecule has 5 nitrogen and oxygen atoms in total. The summed E-state index contributed by atoms with van der Waals surface area (Å²) < 4.78 is 23.3. The van der Waals surface area contributed by atoms with Crippen LogP contribution in [0.4, 0.5) is 0 Å². The first-order valence-corrected chi connectivity index (χ1v) is 9.32. The molecule has 0 bridgehead atoms. The van der Waals surface area contributed by atoms with Crippen molar-refractivity contribution in [2.75, 3.05) is 6.54 Å². The van der Waals surface area contributed by atoms with E-state index in [1.165, 1.54) is 31.4 Å². The Morgan fingerprint density at radius 3 is 2.57 bits per heavy atom. The summed E-state index contributed by atoms with van der Waals surface area (Å²) in [6, 6.07) is 4.40. The summed E-state index contributed by atoms with van der Waals surface area (Å²) in [6.07, 6.45) is 5.99. The largest absolute Gasteiger partial charge is 0.352 e. The second-order valence-electron chi connectivity index (χ2n) is 5.40. The average molecular weight is 375 g/mol. The van der Waals surface area contributed by atoms with Crippen molar-refractivity contribution in [3.63, 3.8) is 0 Å². The molecular formula is C14H19BrN2O3S. The minimum atomic E-state index is -3.85. The van der Waals surface area contributed by atoms with Gasteiger partial charge in [0.25, 0.3) is 5.91 Å². The van der Waals surface area contributed by atoms with Crippen LogP contribution in [-0.2, 0) is 10.0 Å². The molecule has 1 saturated carbocycles. The Hall–Kier alpha value is -0.920. The number of amides is 1. The molecule has 1 aromatic carbocycles. The number of carbonyl (C=O) groups excluding carboxylic acids is 1. The fourth-order valence-corrected chi connectivity index (χ4v) is 4.15. The summed E-state index contributed by atoms with van der Waals surface area (Å²) in [5.74, 6) is 0.258. The number of benzene rings is 1. The van der Waals surface area contributed by atoms with Crippen LogP contribution in [0.1, 0.15) is 42.5 Å². The van der Waals surface area contributed by atoms with Crippen LogP contribution in [0.25, 0.3) is 0 Å². The number of carbonyl (C=O) groups is 1. The lowest BCUT2D eigenvalue weighted by Crippen LogP contribution is -2.30. The third-order valence-electron chi connectivity index (χ3n) is 3.78. The van der Waals surface area contributed by atoms with Gasteiger partial charge in [-0.3, -0.25) is 4.79 Å². The Morgan fingerprint density at radius 1 is 1.29 bits per heavy atom. The highest BCUT2D eigenvalue weighted by Crippen LogP contribution is 2.24. The molecule has 116 valence electrons. The SMILES string of the molecule is NS(=O)(=O)c1cc(C(=O)NCC2CCCCC2)ccc1Br. The van der Waals surface area contributed by atoms with Crippen molar-refractivity contribution in [3.8, 4) is 0 Å². The lowest BCUT2D eigenvalue weighted by Gasteiger charge is -2.21. The molecule has 0 spiro atoms. The Labute approximate surface area is 133 Å². The van der Waals surface area contributed by atoms with Crippen molar-refractivity contribution in [2.45, 2.75) is 37.0 Å². The number of halogens is 1. The van der Waals surface area contributed by atoms with E-state index < -0.39 is 10.0 Å². The molecule has 0 saturated heterocycles. The van der Waals surface area contributed by atoms with Crippen molar-refractivity contribution in [1.29, 1.82) is 0 Å². The van der Waals surface area contributed by atoms with Crippen LogP contribution in [-0.4, -0.2) is 20.9 Å². The Bertz CT molecular complexity index is 625. The third kappa shape index (κ3) is 4.52. The van der Waals surface area contributed by atoms with E-state index in [0.29, 0.717) is 22.5 Å². The molecule has 2 rings (SSSR count). The van der Waals surface area contributed by atoms with Gasteiger partial charge in [0, 0.05) is 16.6 Å². The molecule has 7 heteroatoms. The summed E-state index contributed by atoms with van der Waals surface area (Å²) in [4.78, 5) is 12.0. The quantitative estimate of drug-likeness (QED) is 0.847. The van der Waals surface area contributed by atoms with Gasteiger partial charge < -0.3 is 5.32 Å². The van der Waals surface area contributed by atoms with Crippen LogP contribution in [0.3, 0.4) is 0 Å². The number of sulfonamides is 1. The van der Waals surface area contributed by atoms with E-state index in [0.717, 1.165) is 12.8 Å². The normalized spacial score (nSPS) is 16.7. The minimum absolute atomic E-state index is 0.0761. The molecule has 0 heterocycles. The molecular weight excluding hydrogens is 356 g/mol. The summed E-state index contributed by atoms with van der Waals surface area (Å²) in [6.45, 7) is 0.638. The topological polar surface area (TPSA) is 89.3 Å². The van der Waals surface area contributed by atoms with E-state index in [2.05, 4.69) is 21.2 Å². The zero-order chi connectivity index (χ0) is 15.5. The summed E-state index contributed by atoms with van der Waals surface area (Å²) in [5, 5.41) is 8.00. The van der Waals surface area contributed by atoms with Gasteiger partial charge in [-0.05, 0) is 52.9 Å². The van der Waals surface area contributed by atoms with E-state index in [4.69, 9.17) is 5.14 Å². The van der Waals surface area contributed by atoms with Crippen LogP contribution in [0, 0.1) is 5.92 Å². The van der Waals surface area contributed by atoms with Crippen molar-refractivity contribution >= 4 is 31.9 Å². The molecule has 0 unspecified atom stereocenters. The maximum Gasteiger partial charge on any atom is 0.251 e. The fraction of sp³-hybridized carbons (Fsp3) is 0.500. The zero-order valence-electron chi connectivity index (χ0n) is 11.6. The van der Waals surface area contributed by atoms with Gasteiger partial charge in [0.1, 0.15) is 0 Å². The monoisotopic (exact) mass is 374 g/mol. The highest BCUT2D eigenvalue weighted by molar-refractivity contribution is 9.10. The molecule has 1 aliphatic rings. The van der Waals surface area contributed by atoms with Crippen LogP contribution in [0.15, 0.2) is 27.6 Å². The third-order valence-corrected chi connectivity index (χ3v) is 5.68. The number of nitrogens with one attached hydrogen (secondary N) is 1. The van der Waals surface area contributed by atoms with Gasteiger partial charge in [0.05, 0.1) is 4.90 Å². The van der Waals surface area contributed by atoms with E-state index in [-0.39, 0.29) is 10.8 Å². The second kappa shape index (κ2) is 6.89. The van der Waals surface area contributed by atoms with Gasteiger partial charge in [-0.1, -0.05) is 19.3 Å². The lowest BCUT2D eigenvalue weighted by atomic mass is 9.89. The standard InChI is InChI=1S/C14H19BrN2O3S/c15-12-7-6-11(8-13(12)21(16,19)20)14(18)17-9-10-4-2-1-3-5-10/h6-8,10H,1-5,9H2,(H,17,18)(H2,16,19,20). The van der Waals surface area contributed by atoms with Gasteiger partial charge in [-0.15, -0.1) is 0 Å². The van der Waals surface area contributed by atoms with Crippen molar-refractivity contribution < 1.29 is 13.2 Å². The van der Waals surface area contributed by atoms with Crippen LogP contribution >= 0.6 is 15.9 Å². The van der Waals surface area contributed by atoms with Gasteiger partial charge in [0.15, 0.2) is 0 Å². The predicted octanol–water partition coefficient (Wildman–Crippen LogP) is 2.41. The molecule has 1 aliphatic carbocycles. The maximum atomic E-state index is 12.1. The summed E-state index contributed by atoms with van der Waals surface area (Å²) >= 11 is 3.13. The highest BCUT2D eigenvalue weighted by Gasteiger charge is 2.18. The Balaban J connectivity index is 2.05. The molecule has 21 heavy (non-hydrogen) atoms. The predicted molar refractivity (Wildman–Crippen MR) is 84.4 cm³/mol. The summed E-state index contributed by atoms with van der Waals surface area (Å²) in [7, 11) is -3.85.